The topological polar surface area (TPSA) is 0 Å². The Bertz CT molecular complexity index is 1620. The van der Waals surface area contributed by atoms with E-state index >= 15 is 0 Å². The van der Waals surface area contributed by atoms with Crippen molar-refractivity contribution in [3.8, 4) is 44.5 Å². The Labute approximate surface area is 209 Å². The summed E-state index contributed by atoms with van der Waals surface area (Å²) in [7, 11) is 2.95. The second-order valence-corrected chi connectivity index (χ2v) is 9.35. The van der Waals surface area contributed by atoms with E-state index in [1.165, 1.54) is 60.6 Å². The lowest BCUT2D eigenvalue weighted by Crippen LogP contribution is -2.02. The Morgan fingerprint density at radius 1 is 0.314 bits per heavy atom. The lowest BCUT2D eigenvalue weighted by molar-refractivity contribution is 1.57. The summed E-state index contributed by atoms with van der Waals surface area (Å²) >= 11 is 0. The van der Waals surface area contributed by atoms with Crippen LogP contribution in [0, 0.1) is 0 Å². The predicted molar refractivity (Wildman–Crippen MR) is 155 cm³/mol. The van der Waals surface area contributed by atoms with Crippen LogP contribution < -0.4 is 5.30 Å². The largest absolute Gasteiger partial charge is 0.105 e. The highest BCUT2D eigenvalue weighted by Crippen LogP contribution is 2.50. The van der Waals surface area contributed by atoms with Crippen molar-refractivity contribution in [2.45, 2.75) is 0 Å². The van der Waals surface area contributed by atoms with Gasteiger partial charge in [0.2, 0.25) is 0 Å². The third-order valence-corrected chi connectivity index (χ3v) is 7.14. The first-order valence-electron chi connectivity index (χ1n) is 11.9. The fraction of sp³-hybridized carbons (Fsp3) is 0. The molecule has 0 bridgehead atoms. The Morgan fingerprint density at radius 3 is 1.20 bits per heavy atom. The highest BCUT2D eigenvalue weighted by Gasteiger charge is 2.24. The average Bonchev–Trinajstić information content (AvgIpc) is 2.93. The van der Waals surface area contributed by atoms with E-state index in [0.717, 1.165) is 0 Å². The van der Waals surface area contributed by atoms with Gasteiger partial charge < -0.3 is 0 Å². The smallest absolute Gasteiger partial charge is 0.00139 e. The van der Waals surface area contributed by atoms with Crippen molar-refractivity contribution in [2.24, 2.45) is 0 Å². The van der Waals surface area contributed by atoms with Crippen LogP contribution in [0.2, 0.25) is 0 Å². The molecule has 0 aliphatic heterocycles. The Morgan fingerprint density at radius 2 is 0.686 bits per heavy atom. The fourth-order valence-electron chi connectivity index (χ4n) is 5.13. The van der Waals surface area contributed by atoms with Crippen LogP contribution >= 0.6 is 9.24 Å². The first kappa shape index (κ1) is 21.5. The van der Waals surface area contributed by atoms with Crippen LogP contribution in [-0.4, -0.2) is 0 Å². The Hall–Kier alpha value is -3.99. The standard InChI is InChI=1S/C34H25P/c35-30-23-13-12-22-29(30)34-28-21-11-10-20-27(28)31(24-14-4-1-5-15-24)32(25-16-6-2-7-17-25)33(34)26-18-8-3-9-19-26/h1-23H,35H2. The first-order chi connectivity index (χ1) is 17.3. The predicted octanol–water partition coefficient (Wildman–Crippen LogP) is 9.01. The zero-order chi connectivity index (χ0) is 23.6. The van der Waals surface area contributed by atoms with E-state index in [1.807, 2.05) is 0 Å². The van der Waals surface area contributed by atoms with Gasteiger partial charge in [0, 0.05) is 0 Å². The molecule has 1 unspecified atom stereocenters. The monoisotopic (exact) mass is 464 g/mol. The van der Waals surface area contributed by atoms with Crippen molar-refractivity contribution in [3.63, 3.8) is 0 Å². The maximum atomic E-state index is 2.95. The van der Waals surface area contributed by atoms with Gasteiger partial charge in [-0.3, -0.25) is 0 Å². The van der Waals surface area contributed by atoms with Crippen molar-refractivity contribution in [1.82, 2.24) is 0 Å². The summed E-state index contributed by atoms with van der Waals surface area (Å²) in [5.74, 6) is 0. The molecular formula is C34H25P. The van der Waals surface area contributed by atoms with Gasteiger partial charge in [0.05, 0.1) is 0 Å². The van der Waals surface area contributed by atoms with Crippen molar-refractivity contribution < 1.29 is 0 Å². The van der Waals surface area contributed by atoms with Gasteiger partial charge >= 0.3 is 0 Å². The minimum absolute atomic E-state index is 1.20. The van der Waals surface area contributed by atoms with Crippen molar-refractivity contribution >= 4 is 25.3 Å². The van der Waals surface area contributed by atoms with Crippen molar-refractivity contribution in [3.05, 3.63) is 140 Å². The molecule has 6 aromatic rings. The van der Waals surface area contributed by atoms with Gasteiger partial charge in [-0.2, -0.15) is 0 Å². The van der Waals surface area contributed by atoms with Gasteiger partial charge in [0.15, 0.2) is 0 Å². The van der Waals surface area contributed by atoms with E-state index < -0.39 is 0 Å². The molecule has 1 heteroatoms. The van der Waals surface area contributed by atoms with Crippen LogP contribution in [-0.2, 0) is 0 Å². The maximum Gasteiger partial charge on any atom is -0.00139 e. The number of fused-ring (bicyclic) bond motifs is 1. The highest BCUT2D eigenvalue weighted by atomic mass is 31.0. The molecule has 166 valence electrons. The van der Waals surface area contributed by atoms with Gasteiger partial charge in [-0.1, -0.05) is 140 Å². The molecule has 0 amide bonds. The molecule has 0 N–H and O–H groups in total. The molecule has 0 heterocycles. The molecule has 0 nitrogen and oxygen atoms in total. The first-order valence-corrected chi connectivity index (χ1v) is 12.5. The molecule has 0 aliphatic carbocycles. The molecule has 6 aromatic carbocycles. The molecule has 1 atom stereocenters. The zero-order valence-corrected chi connectivity index (χ0v) is 20.5. The summed E-state index contributed by atoms with van der Waals surface area (Å²) in [5, 5.41) is 3.72. The maximum absolute atomic E-state index is 2.95. The summed E-state index contributed by atoms with van der Waals surface area (Å²) in [6.45, 7) is 0. The molecule has 0 saturated carbocycles. The lowest BCUT2D eigenvalue weighted by atomic mass is 9.79. The minimum atomic E-state index is 1.20. The number of hydrogen-bond acceptors (Lipinski definition) is 0. The molecule has 35 heavy (non-hydrogen) atoms. The van der Waals surface area contributed by atoms with E-state index in [-0.39, 0.29) is 0 Å². The molecule has 0 radical (unpaired) electrons. The summed E-state index contributed by atoms with van der Waals surface area (Å²) < 4.78 is 0. The zero-order valence-electron chi connectivity index (χ0n) is 19.4. The quantitative estimate of drug-likeness (QED) is 0.228. The minimum Gasteiger partial charge on any atom is -0.105 e. The fourth-order valence-corrected chi connectivity index (χ4v) is 5.49. The van der Waals surface area contributed by atoms with E-state index in [0.29, 0.717) is 0 Å². The van der Waals surface area contributed by atoms with Crippen LogP contribution in [0.3, 0.4) is 0 Å². The SMILES string of the molecule is Pc1ccccc1-c1c(-c2ccccc2)c(-c2ccccc2)c(-c2ccccc2)c2ccccc12. The molecule has 0 fully saturated rings. The van der Waals surface area contributed by atoms with Gasteiger partial charge in [0.25, 0.3) is 0 Å². The van der Waals surface area contributed by atoms with Crippen LogP contribution in [0.1, 0.15) is 0 Å². The Balaban J connectivity index is 1.91. The Kier molecular flexibility index (Phi) is 5.75. The van der Waals surface area contributed by atoms with Gasteiger partial charge in [-0.15, -0.1) is 9.24 Å². The molecule has 0 saturated heterocycles. The number of rotatable bonds is 4. The molecule has 0 aliphatic rings. The van der Waals surface area contributed by atoms with E-state index in [9.17, 15) is 0 Å². The molecule has 0 spiro atoms. The van der Waals surface area contributed by atoms with Crippen molar-refractivity contribution in [2.75, 3.05) is 0 Å². The number of benzene rings is 6. The van der Waals surface area contributed by atoms with Crippen LogP contribution in [0.25, 0.3) is 55.3 Å². The lowest BCUT2D eigenvalue weighted by Gasteiger charge is -2.24. The summed E-state index contributed by atoms with van der Waals surface area (Å²) in [6, 6.07) is 50.0. The van der Waals surface area contributed by atoms with Crippen LogP contribution in [0.15, 0.2) is 140 Å². The molecule has 6 rings (SSSR count). The summed E-state index contributed by atoms with van der Waals surface area (Å²) in [5.41, 5.74) is 9.99. The second-order valence-electron chi connectivity index (χ2n) is 8.73. The second kappa shape index (κ2) is 9.34. The average molecular weight is 465 g/mol. The van der Waals surface area contributed by atoms with Crippen LogP contribution in [0.4, 0.5) is 0 Å². The normalized spacial score (nSPS) is 11.0. The highest BCUT2D eigenvalue weighted by molar-refractivity contribution is 7.28. The van der Waals surface area contributed by atoms with Gasteiger partial charge in [-0.25, -0.2) is 0 Å². The van der Waals surface area contributed by atoms with Gasteiger partial charge in [0.1, 0.15) is 0 Å². The van der Waals surface area contributed by atoms with E-state index in [1.54, 1.807) is 0 Å². The third kappa shape index (κ3) is 3.87. The number of hydrogen-bond donors (Lipinski definition) is 0. The molecular weight excluding hydrogens is 439 g/mol. The summed E-state index contributed by atoms with van der Waals surface area (Å²) in [6.07, 6.45) is 0. The van der Waals surface area contributed by atoms with Gasteiger partial charge in [-0.05, 0) is 60.6 Å². The molecule has 0 aromatic heterocycles. The van der Waals surface area contributed by atoms with Crippen molar-refractivity contribution in [1.29, 1.82) is 0 Å². The van der Waals surface area contributed by atoms with E-state index in [4.69, 9.17) is 0 Å². The van der Waals surface area contributed by atoms with Crippen LogP contribution in [0.5, 0.6) is 0 Å². The summed E-state index contributed by atoms with van der Waals surface area (Å²) in [4.78, 5) is 0. The van der Waals surface area contributed by atoms with E-state index in [2.05, 4.69) is 149 Å². The third-order valence-electron chi connectivity index (χ3n) is 6.63.